The average Bonchev–Trinajstić information content (AvgIpc) is 2.93. The predicted octanol–water partition coefficient (Wildman–Crippen LogP) is 1.97. The molecule has 0 atom stereocenters. The van der Waals surface area contributed by atoms with E-state index in [1.165, 1.54) is 28.2 Å². The Balaban J connectivity index is 2.11. The van der Waals surface area contributed by atoms with Crippen molar-refractivity contribution in [2.75, 3.05) is 5.32 Å². The molecule has 1 aromatic carbocycles. The summed E-state index contributed by atoms with van der Waals surface area (Å²) in [4.78, 5) is 24.7. The number of carbonyl (C=O) groups excluding carboxylic acids is 1. The summed E-state index contributed by atoms with van der Waals surface area (Å²) in [5.74, 6) is -1.24. The Morgan fingerprint density at radius 2 is 2.17 bits per heavy atom. The van der Waals surface area contributed by atoms with Crippen molar-refractivity contribution in [3.05, 3.63) is 44.9 Å². The molecule has 0 unspecified atom stereocenters. The number of hydrogen-bond donors (Lipinski definition) is 1. The van der Waals surface area contributed by atoms with Crippen LogP contribution in [-0.2, 0) is 6.54 Å². The fourth-order valence-electron chi connectivity index (χ4n) is 2.16. The van der Waals surface area contributed by atoms with Crippen molar-refractivity contribution < 1.29 is 9.18 Å². The van der Waals surface area contributed by atoms with Gasteiger partial charge < -0.3 is 0 Å². The normalized spacial score (nSPS) is 10.9. The van der Waals surface area contributed by atoms with Gasteiger partial charge in [-0.3, -0.25) is 19.6 Å². The molecule has 0 aliphatic rings. The molecule has 0 saturated carbocycles. The van der Waals surface area contributed by atoms with Gasteiger partial charge in [0.25, 0.3) is 5.91 Å². The van der Waals surface area contributed by atoms with Crippen LogP contribution in [0, 0.1) is 12.7 Å². The van der Waals surface area contributed by atoms with Crippen molar-refractivity contribution in [2.45, 2.75) is 20.4 Å². The van der Waals surface area contributed by atoms with Gasteiger partial charge in [-0.2, -0.15) is 5.10 Å². The molecule has 0 bridgehead atoms. The Bertz CT molecular complexity index is 965. The van der Waals surface area contributed by atoms with Crippen LogP contribution >= 0.6 is 11.3 Å². The van der Waals surface area contributed by atoms with E-state index in [4.69, 9.17) is 0 Å². The molecule has 9 heteroatoms. The fraction of sp³-hybridized carbons (Fsp3) is 0.214. The Kier molecular flexibility index (Phi) is 3.87. The van der Waals surface area contributed by atoms with E-state index >= 15 is 0 Å². The van der Waals surface area contributed by atoms with E-state index < -0.39 is 17.2 Å². The van der Waals surface area contributed by atoms with Crippen LogP contribution in [0.4, 0.5) is 9.52 Å². The third-order valence-electron chi connectivity index (χ3n) is 3.18. The summed E-state index contributed by atoms with van der Waals surface area (Å²) in [5, 5.41) is 15.2. The molecular weight excluding hydrogens is 321 g/mol. The molecule has 0 radical (unpaired) electrons. The minimum absolute atomic E-state index is 0.112. The lowest BCUT2D eigenvalue weighted by molar-refractivity contribution is 0.101. The summed E-state index contributed by atoms with van der Waals surface area (Å²) in [5.41, 5.74) is -0.456. The summed E-state index contributed by atoms with van der Waals surface area (Å²) in [6.45, 7) is 3.99. The third kappa shape index (κ3) is 2.82. The first-order valence-electron chi connectivity index (χ1n) is 6.81. The highest BCUT2D eigenvalue weighted by Gasteiger charge is 2.19. The zero-order valence-corrected chi connectivity index (χ0v) is 13.1. The molecule has 0 fully saturated rings. The van der Waals surface area contributed by atoms with Crippen LogP contribution in [0.15, 0.2) is 23.0 Å². The predicted molar refractivity (Wildman–Crippen MR) is 84.2 cm³/mol. The highest BCUT2D eigenvalue weighted by atomic mass is 32.1. The number of rotatable bonds is 3. The number of benzene rings is 1. The van der Waals surface area contributed by atoms with Crippen LogP contribution < -0.4 is 10.7 Å². The van der Waals surface area contributed by atoms with E-state index in [2.05, 4.69) is 20.6 Å². The molecule has 0 saturated heterocycles. The molecule has 7 nitrogen and oxygen atoms in total. The number of amides is 1. The second-order valence-corrected chi connectivity index (χ2v) is 5.92. The summed E-state index contributed by atoms with van der Waals surface area (Å²) in [7, 11) is 0. The summed E-state index contributed by atoms with van der Waals surface area (Å²) < 4.78 is 14.9. The highest BCUT2D eigenvalue weighted by Crippen LogP contribution is 2.15. The lowest BCUT2D eigenvalue weighted by Gasteiger charge is -2.09. The second kappa shape index (κ2) is 5.84. The number of anilines is 1. The zero-order valence-electron chi connectivity index (χ0n) is 12.3. The molecule has 0 spiro atoms. The molecule has 23 heavy (non-hydrogen) atoms. The van der Waals surface area contributed by atoms with Crippen molar-refractivity contribution in [3.8, 4) is 0 Å². The number of nitrogens with one attached hydrogen (secondary N) is 1. The molecule has 0 aliphatic carbocycles. The molecule has 3 aromatic rings. The van der Waals surface area contributed by atoms with Gasteiger partial charge in [-0.05, 0) is 32.0 Å². The maximum atomic E-state index is 13.4. The smallest absolute Gasteiger partial charge is 0.282 e. The Labute approximate surface area is 133 Å². The summed E-state index contributed by atoms with van der Waals surface area (Å²) in [6, 6.07) is 3.83. The lowest BCUT2D eigenvalue weighted by Crippen LogP contribution is -2.27. The van der Waals surface area contributed by atoms with Gasteiger partial charge >= 0.3 is 0 Å². The number of nitrogens with zero attached hydrogens (tertiary/aromatic N) is 4. The van der Waals surface area contributed by atoms with E-state index in [9.17, 15) is 14.0 Å². The van der Waals surface area contributed by atoms with Crippen LogP contribution in [0.5, 0.6) is 0 Å². The topological polar surface area (TPSA) is 89.8 Å². The van der Waals surface area contributed by atoms with Crippen molar-refractivity contribution in [1.82, 2.24) is 20.0 Å². The van der Waals surface area contributed by atoms with Crippen LogP contribution in [0.1, 0.15) is 22.4 Å². The van der Waals surface area contributed by atoms with E-state index in [1.54, 1.807) is 6.92 Å². The maximum absolute atomic E-state index is 13.4. The van der Waals surface area contributed by atoms with Gasteiger partial charge in [0.1, 0.15) is 10.8 Å². The van der Waals surface area contributed by atoms with Gasteiger partial charge in [-0.1, -0.05) is 11.3 Å². The summed E-state index contributed by atoms with van der Waals surface area (Å²) >= 11 is 1.18. The van der Waals surface area contributed by atoms with Gasteiger partial charge in [0.2, 0.25) is 10.6 Å². The van der Waals surface area contributed by atoms with Crippen molar-refractivity contribution >= 4 is 33.3 Å². The maximum Gasteiger partial charge on any atom is 0.282 e. The standard InChI is InChI=1S/C14H12FN5O2S/c1-3-20-10-5-4-8(15)6-9(10)12(21)11(19-20)13(22)16-14-18-17-7(2)23-14/h4-6H,3H2,1-2H3,(H,16,18,22). The molecule has 118 valence electrons. The van der Waals surface area contributed by atoms with Gasteiger partial charge in [-0.15, -0.1) is 10.2 Å². The van der Waals surface area contributed by atoms with Crippen LogP contribution in [0.3, 0.4) is 0 Å². The molecule has 1 amide bonds. The van der Waals surface area contributed by atoms with E-state index in [0.717, 1.165) is 6.07 Å². The minimum atomic E-state index is -0.695. The first-order valence-corrected chi connectivity index (χ1v) is 7.63. The monoisotopic (exact) mass is 333 g/mol. The fourth-order valence-corrected chi connectivity index (χ4v) is 2.74. The van der Waals surface area contributed by atoms with Crippen molar-refractivity contribution in [3.63, 3.8) is 0 Å². The Morgan fingerprint density at radius 1 is 1.39 bits per heavy atom. The molecule has 2 heterocycles. The third-order valence-corrected chi connectivity index (χ3v) is 3.93. The molecular formula is C14H12FN5O2S. The zero-order chi connectivity index (χ0) is 16.6. The van der Waals surface area contributed by atoms with E-state index in [0.29, 0.717) is 17.1 Å². The van der Waals surface area contributed by atoms with Crippen LogP contribution in [0.2, 0.25) is 0 Å². The quantitative estimate of drug-likeness (QED) is 0.791. The van der Waals surface area contributed by atoms with Gasteiger partial charge in [-0.25, -0.2) is 4.39 Å². The average molecular weight is 333 g/mol. The lowest BCUT2D eigenvalue weighted by atomic mass is 10.2. The van der Waals surface area contributed by atoms with Crippen molar-refractivity contribution in [1.29, 1.82) is 0 Å². The number of aromatic nitrogens is 4. The number of hydrogen-bond acceptors (Lipinski definition) is 6. The molecule has 1 N–H and O–H groups in total. The second-order valence-electron chi connectivity index (χ2n) is 4.74. The van der Waals surface area contributed by atoms with Crippen LogP contribution in [0.25, 0.3) is 10.9 Å². The van der Waals surface area contributed by atoms with Crippen molar-refractivity contribution in [2.24, 2.45) is 0 Å². The Hall–Kier alpha value is -2.68. The van der Waals surface area contributed by atoms with Gasteiger partial charge in [0.15, 0.2) is 5.69 Å². The number of carbonyl (C=O) groups is 1. The number of fused-ring (bicyclic) bond motifs is 1. The van der Waals surface area contributed by atoms with Crippen LogP contribution in [-0.4, -0.2) is 25.9 Å². The SMILES string of the molecule is CCn1nc(C(=O)Nc2nnc(C)s2)c(=O)c2cc(F)ccc21. The van der Waals surface area contributed by atoms with E-state index in [1.807, 2.05) is 6.92 Å². The highest BCUT2D eigenvalue weighted by molar-refractivity contribution is 7.15. The molecule has 3 rings (SSSR count). The number of halogens is 1. The number of aryl methyl sites for hydroxylation is 2. The Morgan fingerprint density at radius 3 is 2.83 bits per heavy atom. The first kappa shape index (κ1) is 15.2. The summed E-state index contributed by atoms with van der Waals surface area (Å²) in [6.07, 6.45) is 0. The molecule has 2 aromatic heterocycles. The minimum Gasteiger partial charge on any atom is -0.295 e. The molecule has 0 aliphatic heterocycles. The van der Waals surface area contributed by atoms with Gasteiger partial charge in [0, 0.05) is 6.54 Å². The van der Waals surface area contributed by atoms with E-state index in [-0.39, 0.29) is 16.2 Å². The van der Waals surface area contributed by atoms with Gasteiger partial charge in [0.05, 0.1) is 10.9 Å². The first-order chi connectivity index (χ1) is 11.0. The largest absolute Gasteiger partial charge is 0.295 e.